The van der Waals surface area contributed by atoms with Crippen LogP contribution in [0.4, 0.5) is 17.6 Å². The van der Waals surface area contributed by atoms with Crippen molar-refractivity contribution >= 4 is 11.9 Å². The number of ketones is 1. The Morgan fingerprint density at radius 3 is 2.41 bits per heavy atom. The first-order chi connectivity index (χ1) is 15.4. The van der Waals surface area contributed by atoms with Gasteiger partial charge in [-0.25, -0.2) is 13.8 Å². The van der Waals surface area contributed by atoms with Gasteiger partial charge in [-0.15, -0.1) is 0 Å². The molecule has 9 heteroatoms. The van der Waals surface area contributed by atoms with Crippen molar-refractivity contribution in [3.8, 4) is 11.4 Å². The summed E-state index contributed by atoms with van der Waals surface area (Å²) in [5.41, 5.74) is 1.31. The molecule has 0 aliphatic carbocycles. The first kappa shape index (κ1) is 21.1. The molecule has 0 saturated heterocycles. The van der Waals surface area contributed by atoms with E-state index in [0.717, 1.165) is 5.69 Å². The normalized spacial score (nSPS) is 11.2. The molecule has 0 saturated carbocycles. The van der Waals surface area contributed by atoms with Crippen molar-refractivity contribution in [2.75, 3.05) is 0 Å². The van der Waals surface area contributed by atoms with Crippen LogP contribution in [0, 0.1) is 23.3 Å². The smallest absolute Gasteiger partial charge is 0.203 e. The van der Waals surface area contributed by atoms with Crippen LogP contribution in [-0.2, 0) is 6.61 Å². The molecule has 2 aromatic heterocycles. The van der Waals surface area contributed by atoms with Gasteiger partial charge in [0.1, 0.15) is 18.1 Å². The van der Waals surface area contributed by atoms with E-state index in [1.807, 2.05) is 0 Å². The number of allylic oxidation sites excluding steroid dienone is 1. The summed E-state index contributed by atoms with van der Waals surface area (Å²) in [6.45, 7) is -0.478. The van der Waals surface area contributed by atoms with Crippen LogP contribution in [0.2, 0.25) is 0 Å². The number of halogens is 4. The Balaban J connectivity index is 1.39. The third kappa shape index (κ3) is 4.46. The van der Waals surface area contributed by atoms with Gasteiger partial charge in [-0.1, -0.05) is 0 Å². The van der Waals surface area contributed by atoms with E-state index in [0.29, 0.717) is 5.56 Å². The van der Waals surface area contributed by atoms with Gasteiger partial charge in [0.15, 0.2) is 23.2 Å². The van der Waals surface area contributed by atoms with E-state index in [9.17, 15) is 22.4 Å². The van der Waals surface area contributed by atoms with Crippen LogP contribution < -0.4 is 4.74 Å². The zero-order valence-corrected chi connectivity index (χ0v) is 16.3. The Kier molecular flexibility index (Phi) is 5.89. The number of rotatable bonds is 7. The van der Waals surface area contributed by atoms with Crippen LogP contribution in [0.5, 0.6) is 5.75 Å². The van der Waals surface area contributed by atoms with Gasteiger partial charge in [0.2, 0.25) is 11.6 Å². The molecule has 0 spiro atoms. The molecular formula is C23H14F4N2O3. The Morgan fingerprint density at radius 1 is 1.03 bits per heavy atom. The van der Waals surface area contributed by atoms with Gasteiger partial charge < -0.3 is 13.7 Å². The van der Waals surface area contributed by atoms with Crippen molar-refractivity contribution in [2.45, 2.75) is 6.61 Å². The Bertz CT molecular complexity index is 1250. The summed E-state index contributed by atoms with van der Waals surface area (Å²) in [6, 6.07) is 9.93. The van der Waals surface area contributed by atoms with Crippen LogP contribution in [-0.4, -0.2) is 15.3 Å². The average molecular weight is 442 g/mol. The van der Waals surface area contributed by atoms with Gasteiger partial charge in [-0.2, -0.15) is 8.78 Å². The lowest BCUT2D eigenvalue weighted by Gasteiger charge is -2.08. The Labute approximate surface area is 179 Å². The molecule has 0 amide bonds. The molecule has 0 atom stereocenters. The van der Waals surface area contributed by atoms with E-state index in [1.165, 1.54) is 24.3 Å². The molecule has 32 heavy (non-hydrogen) atoms. The highest BCUT2D eigenvalue weighted by Gasteiger charge is 2.21. The lowest BCUT2D eigenvalue weighted by atomic mass is 10.1. The van der Waals surface area contributed by atoms with Gasteiger partial charge in [-0.05, 0) is 48.6 Å². The van der Waals surface area contributed by atoms with Gasteiger partial charge >= 0.3 is 0 Å². The molecule has 5 nitrogen and oxygen atoms in total. The van der Waals surface area contributed by atoms with Crippen LogP contribution in [0.3, 0.4) is 0 Å². The SMILES string of the molecule is O=C(C=Cc1ccc(COc2c(F)c(F)cc(F)c2F)o1)c1ccc(-n2ccnc2)cc1. The molecule has 2 aromatic carbocycles. The number of benzene rings is 2. The maximum Gasteiger partial charge on any atom is 0.203 e. The highest BCUT2D eigenvalue weighted by Crippen LogP contribution is 2.27. The highest BCUT2D eigenvalue weighted by atomic mass is 19.2. The van der Waals surface area contributed by atoms with E-state index >= 15 is 0 Å². The summed E-state index contributed by atoms with van der Waals surface area (Å²) in [5.74, 6) is -7.46. The number of nitrogens with zero attached hydrogens (tertiary/aromatic N) is 2. The molecule has 0 radical (unpaired) electrons. The molecule has 0 bridgehead atoms. The zero-order valence-electron chi connectivity index (χ0n) is 16.3. The topological polar surface area (TPSA) is 57.3 Å². The molecule has 0 aliphatic heterocycles. The zero-order chi connectivity index (χ0) is 22.7. The third-order valence-corrected chi connectivity index (χ3v) is 4.47. The lowest BCUT2D eigenvalue weighted by molar-refractivity contribution is 0.104. The average Bonchev–Trinajstić information content (AvgIpc) is 3.49. The molecule has 0 aliphatic rings. The van der Waals surface area contributed by atoms with E-state index < -0.39 is 35.6 Å². The van der Waals surface area contributed by atoms with Crippen LogP contribution in [0.25, 0.3) is 11.8 Å². The van der Waals surface area contributed by atoms with E-state index in [2.05, 4.69) is 4.98 Å². The Morgan fingerprint density at radius 2 is 1.75 bits per heavy atom. The minimum atomic E-state index is -1.64. The highest BCUT2D eigenvalue weighted by molar-refractivity contribution is 6.06. The number of aromatic nitrogens is 2. The van der Waals surface area contributed by atoms with Gasteiger partial charge in [-0.3, -0.25) is 4.79 Å². The Hall–Kier alpha value is -4.14. The minimum absolute atomic E-state index is 0.0928. The number of furan rings is 1. The van der Waals surface area contributed by atoms with E-state index in [4.69, 9.17) is 9.15 Å². The van der Waals surface area contributed by atoms with Crippen molar-refractivity contribution in [3.63, 3.8) is 0 Å². The standard InChI is InChI=1S/C23H14F4N2O3/c24-18-11-19(25)22(27)23(21(18)26)31-12-17-6-5-16(32-17)7-8-20(30)14-1-3-15(4-2-14)29-10-9-28-13-29/h1-11,13H,12H2. The fraction of sp³-hybridized carbons (Fsp3) is 0.0435. The van der Waals surface area contributed by atoms with Crippen molar-refractivity contribution < 1.29 is 31.5 Å². The second-order valence-corrected chi connectivity index (χ2v) is 6.60. The molecule has 0 fully saturated rings. The van der Waals surface area contributed by atoms with Crippen LogP contribution in [0.1, 0.15) is 21.9 Å². The maximum atomic E-state index is 13.6. The third-order valence-electron chi connectivity index (χ3n) is 4.47. The van der Waals surface area contributed by atoms with Gasteiger partial charge in [0.05, 0.1) is 6.33 Å². The summed E-state index contributed by atoms with van der Waals surface area (Å²) in [5, 5.41) is 0. The number of hydrogen-bond acceptors (Lipinski definition) is 4. The summed E-state index contributed by atoms with van der Waals surface area (Å²) >= 11 is 0. The van der Waals surface area contributed by atoms with E-state index in [1.54, 1.807) is 47.6 Å². The second-order valence-electron chi connectivity index (χ2n) is 6.60. The van der Waals surface area contributed by atoms with Gasteiger partial charge in [0, 0.05) is 29.7 Å². The van der Waals surface area contributed by atoms with Crippen molar-refractivity contribution in [1.82, 2.24) is 9.55 Å². The molecule has 4 rings (SSSR count). The number of carbonyl (C=O) groups is 1. The second kappa shape index (κ2) is 8.93. The largest absolute Gasteiger partial charge is 0.479 e. The van der Waals surface area contributed by atoms with Crippen molar-refractivity contribution in [2.24, 2.45) is 0 Å². The predicted octanol–water partition coefficient (Wildman–Crippen LogP) is 5.50. The van der Waals surface area contributed by atoms with Crippen molar-refractivity contribution in [1.29, 1.82) is 0 Å². The first-order valence-electron chi connectivity index (χ1n) is 9.27. The lowest BCUT2D eigenvalue weighted by Crippen LogP contribution is -2.03. The van der Waals surface area contributed by atoms with Gasteiger partial charge in [0.25, 0.3) is 0 Å². The number of carbonyl (C=O) groups excluding carboxylic acids is 1. The fourth-order valence-corrected chi connectivity index (χ4v) is 2.85. The fourth-order valence-electron chi connectivity index (χ4n) is 2.85. The molecule has 2 heterocycles. The van der Waals surface area contributed by atoms with Crippen LogP contribution in [0.15, 0.2) is 71.7 Å². The number of imidazole rings is 1. The molecule has 0 N–H and O–H groups in total. The van der Waals surface area contributed by atoms with E-state index in [-0.39, 0.29) is 23.4 Å². The summed E-state index contributed by atoms with van der Waals surface area (Å²) in [7, 11) is 0. The van der Waals surface area contributed by atoms with Crippen LogP contribution >= 0.6 is 0 Å². The predicted molar refractivity (Wildman–Crippen MR) is 106 cm³/mol. The molecule has 0 unspecified atom stereocenters. The number of ether oxygens (including phenoxy) is 1. The molecule has 162 valence electrons. The summed E-state index contributed by atoms with van der Waals surface area (Å²) < 4.78 is 65.8. The molecular weight excluding hydrogens is 428 g/mol. The quantitative estimate of drug-likeness (QED) is 0.164. The first-order valence-corrected chi connectivity index (χ1v) is 9.27. The van der Waals surface area contributed by atoms with Crippen molar-refractivity contribution in [3.05, 3.63) is 108 Å². The minimum Gasteiger partial charge on any atom is -0.479 e. The monoisotopic (exact) mass is 442 g/mol. The maximum absolute atomic E-state index is 13.6. The number of hydrogen-bond donors (Lipinski definition) is 0. The summed E-state index contributed by atoms with van der Waals surface area (Å²) in [6.07, 6.45) is 7.79. The summed E-state index contributed by atoms with van der Waals surface area (Å²) in [4.78, 5) is 16.3. The molecule has 4 aromatic rings.